The average Bonchev–Trinajstić information content (AvgIpc) is 2.77. The van der Waals surface area contributed by atoms with Gasteiger partial charge in [-0.1, -0.05) is 0 Å². The van der Waals surface area contributed by atoms with E-state index in [0.717, 1.165) is 24.9 Å². The first-order valence-electron chi connectivity index (χ1n) is 6.33. The van der Waals surface area contributed by atoms with Crippen LogP contribution in [0.4, 0.5) is 10.1 Å². The van der Waals surface area contributed by atoms with Crippen LogP contribution in [0.2, 0.25) is 0 Å². The lowest BCUT2D eigenvalue weighted by Crippen LogP contribution is -2.32. The number of halogens is 1. The zero-order valence-corrected chi connectivity index (χ0v) is 12.1. The van der Waals surface area contributed by atoms with E-state index in [1.807, 2.05) is 6.92 Å². The second-order valence-electron chi connectivity index (χ2n) is 5.04. The zero-order chi connectivity index (χ0) is 14.9. The van der Waals surface area contributed by atoms with Crippen LogP contribution in [0.5, 0.6) is 0 Å². The number of amides is 1. The molecule has 2 rings (SSSR count). The lowest BCUT2D eigenvalue weighted by Gasteiger charge is -2.15. The van der Waals surface area contributed by atoms with Gasteiger partial charge in [0.25, 0.3) is 0 Å². The van der Waals surface area contributed by atoms with Crippen LogP contribution in [0.25, 0.3) is 0 Å². The Bertz CT molecular complexity index is 631. The van der Waals surface area contributed by atoms with E-state index in [0.29, 0.717) is 6.42 Å². The molecule has 1 saturated heterocycles. The molecular weight excluding hydrogens is 283 g/mol. The maximum Gasteiger partial charge on any atom is 0.229 e. The lowest BCUT2D eigenvalue weighted by molar-refractivity contribution is -0.120. The molecule has 2 N–H and O–H groups in total. The van der Waals surface area contributed by atoms with Gasteiger partial charge in [0.05, 0.1) is 16.5 Å². The zero-order valence-electron chi connectivity index (χ0n) is 11.3. The molecule has 0 radical (unpaired) electrons. The second-order valence-corrected chi connectivity index (χ2v) is 7.06. The molecule has 1 heterocycles. The Morgan fingerprint density at radius 3 is 2.70 bits per heavy atom. The molecule has 0 aromatic heterocycles. The first-order valence-corrected chi connectivity index (χ1v) is 8.22. The third-order valence-electron chi connectivity index (χ3n) is 3.49. The Balaban J connectivity index is 2.22. The van der Waals surface area contributed by atoms with Crippen LogP contribution in [-0.2, 0) is 14.6 Å². The molecule has 110 valence electrons. The minimum Gasteiger partial charge on any atom is -0.323 e. The van der Waals surface area contributed by atoms with Gasteiger partial charge in [0.1, 0.15) is 5.82 Å². The Hall–Kier alpha value is -1.47. The van der Waals surface area contributed by atoms with Crippen LogP contribution in [0.1, 0.15) is 13.3 Å². The summed E-state index contributed by atoms with van der Waals surface area (Å²) in [5.41, 5.74) is -0.1000. The van der Waals surface area contributed by atoms with Gasteiger partial charge in [-0.2, -0.15) is 0 Å². The monoisotopic (exact) mass is 300 g/mol. The Kier molecular flexibility index (Phi) is 4.10. The SMILES string of the molecule is CC1NCCC1C(=O)Nc1cc(S(C)(=O)=O)ccc1F. The molecule has 1 fully saturated rings. The van der Waals surface area contributed by atoms with Crippen molar-refractivity contribution in [2.75, 3.05) is 18.1 Å². The molecule has 1 aromatic carbocycles. The molecule has 2 unspecified atom stereocenters. The van der Waals surface area contributed by atoms with Gasteiger partial charge in [0.2, 0.25) is 5.91 Å². The normalized spacial score (nSPS) is 22.8. The largest absolute Gasteiger partial charge is 0.323 e. The summed E-state index contributed by atoms with van der Waals surface area (Å²) in [4.78, 5) is 12.0. The summed E-state index contributed by atoms with van der Waals surface area (Å²) in [6.07, 6.45) is 1.72. The van der Waals surface area contributed by atoms with Crippen molar-refractivity contribution in [2.24, 2.45) is 5.92 Å². The maximum absolute atomic E-state index is 13.7. The highest BCUT2D eigenvalue weighted by Crippen LogP contribution is 2.22. The van der Waals surface area contributed by atoms with E-state index >= 15 is 0 Å². The number of hydrogen-bond donors (Lipinski definition) is 2. The van der Waals surface area contributed by atoms with Gasteiger partial charge in [-0.3, -0.25) is 4.79 Å². The average molecular weight is 300 g/mol. The van der Waals surface area contributed by atoms with Crippen LogP contribution in [-0.4, -0.2) is 33.2 Å². The number of benzene rings is 1. The Morgan fingerprint density at radius 1 is 1.45 bits per heavy atom. The molecule has 0 spiro atoms. The van der Waals surface area contributed by atoms with Crippen LogP contribution in [0, 0.1) is 11.7 Å². The molecule has 20 heavy (non-hydrogen) atoms. The van der Waals surface area contributed by atoms with Gasteiger partial charge in [0.15, 0.2) is 9.84 Å². The highest BCUT2D eigenvalue weighted by atomic mass is 32.2. The topological polar surface area (TPSA) is 75.3 Å². The first kappa shape index (κ1) is 14.9. The molecule has 1 aliphatic rings. The van der Waals surface area contributed by atoms with Crippen LogP contribution < -0.4 is 10.6 Å². The number of nitrogens with one attached hydrogen (secondary N) is 2. The Morgan fingerprint density at radius 2 is 2.15 bits per heavy atom. The molecule has 7 heteroatoms. The van der Waals surface area contributed by atoms with Crippen molar-refractivity contribution in [3.05, 3.63) is 24.0 Å². The molecule has 1 aromatic rings. The fourth-order valence-electron chi connectivity index (χ4n) is 2.27. The number of carbonyl (C=O) groups excluding carboxylic acids is 1. The van der Waals surface area contributed by atoms with Gasteiger partial charge in [-0.25, -0.2) is 12.8 Å². The summed E-state index contributed by atoms with van der Waals surface area (Å²) in [7, 11) is -3.44. The molecule has 2 atom stereocenters. The third-order valence-corrected chi connectivity index (χ3v) is 4.60. The second kappa shape index (κ2) is 5.49. The van der Waals surface area contributed by atoms with Gasteiger partial charge < -0.3 is 10.6 Å². The molecule has 0 bridgehead atoms. The fraction of sp³-hybridized carbons (Fsp3) is 0.462. The van der Waals surface area contributed by atoms with E-state index in [2.05, 4.69) is 10.6 Å². The molecule has 0 saturated carbocycles. The van der Waals surface area contributed by atoms with Crippen LogP contribution in [0.15, 0.2) is 23.1 Å². The van der Waals surface area contributed by atoms with Gasteiger partial charge in [0, 0.05) is 12.3 Å². The lowest BCUT2D eigenvalue weighted by atomic mass is 10.0. The highest BCUT2D eigenvalue weighted by Gasteiger charge is 2.29. The standard InChI is InChI=1S/C13H17FN2O3S/c1-8-10(5-6-15-8)13(17)16-12-7-9(20(2,18)19)3-4-11(12)14/h3-4,7-8,10,15H,5-6H2,1-2H3,(H,16,17). The number of carbonyl (C=O) groups is 1. The molecular formula is C13H17FN2O3S. The highest BCUT2D eigenvalue weighted by molar-refractivity contribution is 7.90. The van der Waals surface area contributed by atoms with Crippen molar-refractivity contribution < 1.29 is 17.6 Å². The summed E-state index contributed by atoms with van der Waals surface area (Å²) in [6, 6.07) is 3.40. The van der Waals surface area contributed by atoms with Gasteiger partial charge in [-0.05, 0) is 38.1 Å². The van der Waals surface area contributed by atoms with Crippen molar-refractivity contribution >= 4 is 21.4 Å². The van der Waals surface area contributed by atoms with E-state index in [4.69, 9.17) is 0 Å². The van der Waals surface area contributed by atoms with Crippen molar-refractivity contribution in [1.29, 1.82) is 0 Å². The fourth-order valence-corrected chi connectivity index (χ4v) is 2.92. The van der Waals surface area contributed by atoms with E-state index in [9.17, 15) is 17.6 Å². The van der Waals surface area contributed by atoms with Crippen molar-refractivity contribution in [3.8, 4) is 0 Å². The summed E-state index contributed by atoms with van der Waals surface area (Å²) in [5, 5.41) is 5.61. The quantitative estimate of drug-likeness (QED) is 0.822. The van der Waals surface area contributed by atoms with Crippen molar-refractivity contribution in [2.45, 2.75) is 24.3 Å². The first-order chi connectivity index (χ1) is 9.29. The number of sulfone groups is 1. The number of anilines is 1. The van der Waals surface area contributed by atoms with E-state index < -0.39 is 15.7 Å². The van der Waals surface area contributed by atoms with E-state index in [-0.39, 0.29) is 28.4 Å². The number of hydrogen-bond acceptors (Lipinski definition) is 4. The van der Waals surface area contributed by atoms with Gasteiger partial charge >= 0.3 is 0 Å². The van der Waals surface area contributed by atoms with Crippen LogP contribution in [0.3, 0.4) is 0 Å². The molecule has 5 nitrogen and oxygen atoms in total. The third kappa shape index (κ3) is 3.16. The minimum atomic E-state index is -3.44. The van der Waals surface area contributed by atoms with Crippen molar-refractivity contribution in [1.82, 2.24) is 5.32 Å². The molecule has 1 amide bonds. The summed E-state index contributed by atoms with van der Waals surface area (Å²) in [5.74, 6) is -1.19. The Labute approximate surface area is 117 Å². The maximum atomic E-state index is 13.7. The predicted molar refractivity (Wildman–Crippen MR) is 73.7 cm³/mol. The molecule has 1 aliphatic heterocycles. The van der Waals surface area contributed by atoms with E-state index in [1.165, 1.54) is 6.07 Å². The number of rotatable bonds is 3. The summed E-state index contributed by atoms with van der Waals surface area (Å²) in [6.45, 7) is 2.63. The smallest absolute Gasteiger partial charge is 0.229 e. The molecule has 0 aliphatic carbocycles. The van der Waals surface area contributed by atoms with Gasteiger partial charge in [-0.15, -0.1) is 0 Å². The van der Waals surface area contributed by atoms with E-state index in [1.54, 1.807) is 0 Å². The van der Waals surface area contributed by atoms with Crippen LogP contribution >= 0.6 is 0 Å². The summed E-state index contributed by atoms with van der Waals surface area (Å²) >= 11 is 0. The predicted octanol–water partition coefficient (Wildman–Crippen LogP) is 1.17. The summed E-state index contributed by atoms with van der Waals surface area (Å²) < 4.78 is 36.6. The minimum absolute atomic E-state index is 0.0215. The van der Waals surface area contributed by atoms with Crippen molar-refractivity contribution in [3.63, 3.8) is 0 Å².